The maximum Gasteiger partial charge on any atom is 0.261 e. The number of halogens is 3. The summed E-state index contributed by atoms with van der Waals surface area (Å²) in [5.41, 5.74) is 1.90. The van der Waals surface area contributed by atoms with E-state index in [-0.39, 0.29) is 36.4 Å². The van der Waals surface area contributed by atoms with Crippen molar-refractivity contribution in [3.8, 4) is 5.75 Å². The third kappa shape index (κ3) is 7.90. The van der Waals surface area contributed by atoms with Crippen LogP contribution in [0.3, 0.4) is 0 Å². The third-order valence-corrected chi connectivity index (χ3v) is 6.44. The zero-order chi connectivity index (χ0) is 24.9. The molecule has 1 N–H and O–H groups in total. The first kappa shape index (κ1) is 27.5. The topological polar surface area (TPSA) is 58.6 Å². The molecule has 0 unspecified atom stereocenters. The van der Waals surface area contributed by atoms with E-state index in [2.05, 4.69) is 42.0 Å². The normalized spacial score (nSPS) is 12.4. The molecule has 0 radical (unpaired) electrons. The summed E-state index contributed by atoms with van der Waals surface area (Å²) in [6.07, 6.45) is 0. The summed E-state index contributed by atoms with van der Waals surface area (Å²) in [7, 11) is 0. The van der Waals surface area contributed by atoms with Crippen LogP contribution in [0.25, 0.3) is 0 Å². The Bertz CT molecular complexity index is 1010. The molecule has 2 aromatic carbocycles. The lowest BCUT2D eigenvalue weighted by Gasteiger charge is -2.29. The Morgan fingerprint density at radius 3 is 2.27 bits per heavy atom. The number of benzene rings is 2. The number of ether oxygens (including phenoxy) is 1. The molecule has 0 aliphatic carbocycles. The number of amides is 2. The van der Waals surface area contributed by atoms with Crippen molar-refractivity contribution in [3.05, 3.63) is 62.0 Å². The van der Waals surface area contributed by atoms with Gasteiger partial charge < -0.3 is 15.0 Å². The molecule has 2 aromatic rings. The highest BCUT2D eigenvalue weighted by Gasteiger charge is 2.27. The molecule has 0 bridgehead atoms. The number of hydrogen-bond donors (Lipinski definition) is 1. The predicted molar refractivity (Wildman–Crippen MR) is 138 cm³/mol. The second kappa shape index (κ2) is 11.6. The first-order valence-corrected chi connectivity index (χ1v) is 12.3. The highest BCUT2D eigenvalue weighted by Crippen LogP contribution is 2.31. The van der Waals surface area contributed by atoms with E-state index >= 15 is 0 Å². The van der Waals surface area contributed by atoms with Crippen molar-refractivity contribution in [1.29, 1.82) is 0 Å². The molecule has 0 aliphatic rings. The van der Waals surface area contributed by atoms with Gasteiger partial charge in [-0.25, -0.2) is 0 Å². The second-order valence-corrected chi connectivity index (χ2v) is 11.0. The standard InChI is InChI=1S/C25H31BrCl2N2O3/c1-15(2)29-24(32)16(3)30(13-17-7-9-20(27)21(28)11-17)23(31)14-33-22-10-8-18(12-19(22)26)25(4,5)6/h7-12,15-16H,13-14H2,1-6H3,(H,29,32)/t16-/m1/s1. The quantitative estimate of drug-likeness (QED) is 0.410. The Labute approximate surface area is 214 Å². The van der Waals surface area contributed by atoms with Crippen molar-refractivity contribution in [2.24, 2.45) is 0 Å². The zero-order valence-electron chi connectivity index (χ0n) is 19.8. The van der Waals surface area contributed by atoms with Crippen LogP contribution in [0, 0.1) is 0 Å². The van der Waals surface area contributed by atoms with Gasteiger partial charge in [0.2, 0.25) is 5.91 Å². The first-order chi connectivity index (χ1) is 15.3. The van der Waals surface area contributed by atoms with Crippen molar-refractivity contribution < 1.29 is 14.3 Å². The lowest BCUT2D eigenvalue weighted by atomic mass is 9.87. The largest absolute Gasteiger partial charge is 0.483 e. The molecule has 1 atom stereocenters. The summed E-state index contributed by atoms with van der Waals surface area (Å²) in [6.45, 7) is 11.8. The Morgan fingerprint density at radius 2 is 1.73 bits per heavy atom. The van der Waals surface area contributed by atoms with Crippen molar-refractivity contribution in [2.75, 3.05) is 6.61 Å². The lowest BCUT2D eigenvalue weighted by molar-refractivity contribution is -0.142. The number of nitrogens with zero attached hydrogens (tertiary/aromatic N) is 1. The number of nitrogens with one attached hydrogen (secondary N) is 1. The summed E-state index contributed by atoms with van der Waals surface area (Å²) < 4.78 is 6.59. The Hall–Kier alpha value is -1.76. The predicted octanol–water partition coefficient (Wildman–Crippen LogP) is 6.37. The molecule has 0 fully saturated rings. The van der Waals surface area contributed by atoms with Gasteiger partial charge in [0.05, 0.1) is 14.5 Å². The molecular weight excluding hydrogens is 527 g/mol. The zero-order valence-corrected chi connectivity index (χ0v) is 22.9. The van der Waals surface area contributed by atoms with Gasteiger partial charge in [0.15, 0.2) is 6.61 Å². The molecule has 33 heavy (non-hydrogen) atoms. The Morgan fingerprint density at radius 1 is 1.06 bits per heavy atom. The summed E-state index contributed by atoms with van der Waals surface area (Å²) in [5.74, 6) is -0.00137. The van der Waals surface area contributed by atoms with Gasteiger partial charge in [-0.3, -0.25) is 9.59 Å². The molecular formula is C25H31BrCl2N2O3. The SMILES string of the molecule is CC(C)NC(=O)[C@@H](C)N(Cc1ccc(Cl)c(Cl)c1)C(=O)COc1ccc(C(C)(C)C)cc1Br. The van der Waals surface area contributed by atoms with Crippen molar-refractivity contribution in [3.63, 3.8) is 0 Å². The maximum absolute atomic E-state index is 13.2. The Balaban J connectivity index is 2.22. The molecule has 0 saturated heterocycles. The monoisotopic (exact) mass is 556 g/mol. The first-order valence-electron chi connectivity index (χ1n) is 10.8. The average molecular weight is 558 g/mol. The minimum atomic E-state index is -0.704. The molecule has 0 aliphatic heterocycles. The summed E-state index contributed by atoms with van der Waals surface area (Å²) in [6, 6.07) is 10.2. The smallest absolute Gasteiger partial charge is 0.261 e. The van der Waals surface area contributed by atoms with Crippen LogP contribution in [-0.4, -0.2) is 35.4 Å². The van der Waals surface area contributed by atoms with Gasteiger partial charge in [0.1, 0.15) is 11.8 Å². The number of rotatable bonds is 8. The fourth-order valence-corrected chi connectivity index (χ4v) is 3.94. The van der Waals surface area contributed by atoms with Crippen LogP contribution in [0.5, 0.6) is 5.75 Å². The van der Waals surface area contributed by atoms with E-state index in [0.717, 1.165) is 15.6 Å². The molecule has 5 nitrogen and oxygen atoms in total. The molecule has 0 spiro atoms. The van der Waals surface area contributed by atoms with Gasteiger partial charge in [-0.2, -0.15) is 0 Å². The van der Waals surface area contributed by atoms with Gasteiger partial charge in [-0.15, -0.1) is 0 Å². The van der Waals surface area contributed by atoms with Gasteiger partial charge in [0, 0.05) is 12.6 Å². The van der Waals surface area contributed by atoms with Crippen LogP contribution in [0.1, 0.15) is 52.7 Å². The van der Waals surface area contributed by atoms with Crippen LogP contribution in [0.15, 0.2) is 40.9 Å². The van der Waals surface area contributed by atoms with Crippen molar-refractivity contribution >= 4 is 50.9 Å². The second-order valence-electron chi connectivity index (χ2n) is 9.29. The van der Waals surface area contributed by atoms with E-state index in [1.165, 1.54) is 4.90 Å². The minimum Gasteiger partial charge on any atom is -0.483 e. The number of hydrogen-bond acceptors (Lipinski definition) is 3. The van der Waals surface area contributed by atoms with Gasteiger partial charge in [-0.1, -0.05) is 56.1 Å². The van der Waals surface area contributed by atoms with E-state index in [1.54, 1.807) is 25.1 Å². The van der Waals surface area contributed by atoms with Crippen LogP contribution < -0.4 is 10.1 Å². The molecule has 2 rings (SSSR count). The molecule has 0 heterocycles. The molecule has 0 aromatic heterocycles. The maximum atomic E-state index is 13.2. The van der Waals surface area contributed by atoms with Crippen molar-refractivity contribution in [1.82, 2.24) is 10.2 Å². The molecule has 0 saturated carbocycles. The summed E-state index contributed by atoms with van der Waals surface area (Å²) in [5, 5.41) is 3.67. The van der Waals surface area contributed by atoms with E-state index in [4.69, 9.17) is 27.9 Å². The van der Waals surface area contributed by atoms with Crippen LogP contribution in [0.2, 0.25) is 10.0 Å². The molecule has 2 amide bonds. The summed E-state index contributed by atoms with van der Waals surface area (Å²) in [4.78, 5) is 27.3. The average Bonchev–Trinajstić information content (AvgIpc) is 2.71. The molecule has 8 heteroatoms. The Kier molecular flexibility index (Phi) is 9.65. The van der Waals surface area contributed by atoms with E-state index in [1.807, 2.05) is 32.0 Å². The van der Waals surface area contributed by atoms with E-state index in [0.29, 0.717) is 15.8 Å². The van der Waals surface area contributed by atoms with Crippen LogP contribution in [-0.2, 0) is 21.5 Å². The highest BCUT2D eigenvalue weighted by atomic mass is 79.9. The summed E-state index contributed by atoms with van der Waals surface area (Å²) >= 11 is 15.7. The molecule has 180 valence electrons. The highest BCUT2D eigenvalue weighted by molar-refractivity contribution is 9.10. The lowest BCUT2D eigenvalue weighted by Crippen LogP contribution is -2.50. The van der Waals surface area contributed by atoms with Crippen LogP contribution in [0.4, 0.5) is 0 Å². The fraction of sp³-hybridized carbons (Fsp3) is 0.440. The minimum absolute atomic E-state index is 0.00721. The van der Waals surface area contributed by atoms with Gasteiger partial charge >= 0.3 is 0 Å². The third-order valence-electron chi connectivity index (χ3n) is 5.08. The van der Waals surface area contributed by atoms with E-state index < -0.39 is 6.04 Å². The number of carbonyl (C=O) groups excluding carboxylic acids is 2. The number of carbonyl (C=O) groups is 2. The van der Waals surface area contributed by atoms with E-state index in [9.17, 15) is 9.59 Å². The van der Waals surface area contributed by atoms with Crippen molar-refractivity contribution in [2.45, 2.75) is 65.6 Å². The van der Waals surface area contributed by atoms with Crippen LogP contribution >= 0.6 is 39.1 Å². The van der Waals surface area contributed by atoms with Gasteiger partial charge in [0.25, 0.3) is 5.91 Å². The fourth-order valence-electron chi connectivity index (χ4n) is 3.13. The van der Waals surface area contributed by atoms with Gasteiger partial charge in [-0.05, 0) is 77.5 Å².